The van der Waals surface area contributed by atoms with Crippen LogP contribution in [-0.2, 0) is 6.54 Å². The summed E-state index contributed by atoms with van der Waals surface area (Å²) in [7, 11) is 1.71. The molecule has 2 N–H and O–H groups in total. The Kier molecular flexibility index (Phi) is 6.51. The molecule has 2 aromatic rings. The molecule has 0 saturated heterocycles. The van der Waals surface area contributed by atoms with E-state index in [1.54, 1.807) is 7.11 Å². The largest absolute Gasteiger partial charge is 0.496 e. The molecule has 0 radical (unpaired) electrons. The van der Waals surface area contributed by atoms with Crippen LogP contribution in [0.15, 0.2) is 36.4 Å². The summed E-state index contributed by atoms with van der Waals surface area (Å²) < 4.78 is 5.42. The fraction of sp³-hybridized carbons (Fsp3) is 0.444. The highest BCUT2D eigenvalue weighted by molar-refractivity contribution is 5.91. The van der Waals surface area contributed by atoms with Gasteiger partial charge in [0, 0.05) is 18.5 Å². The Morgan fingerprint density at radius 2 is 1.71 bits per heavy atom. The number of hydrogen-bond acceptors (Lipinski definition) is 3. The zero-order valence-electron chi connectivity index (χ0n) is 12.8. The minimum atomic E-state index is 0.311. The summed E-state index contributed by atoms with van der Waals surface area (Å²) in [6, 6.07) is 12.5. The van der Waals surface area contributed by atoms with Gasteiger partial charge in [-0.25, -0.2) is 0 Å². The zero-order valence-corrected chi connectivity index (χ0v) is 12.8. The van der Waals surface area contributed by atoms with E-state index in [9.17, 15) is 0 Å². The van der Waals surface area contributed by atoms with Gasteiger partial charge in [-0.1, -0.05) is 43.2 Å². The second-order valence-corrected chi connectivity index (χ2v) is 5.29. The van der Waals surface area contributed by atoms with Crippen molar-refractivity contribution in [3.63, 3.8) is 0 Å². The Balaban J connectivity index is 1.90. The Labute approximate surface area is 126 Å². The maximum absolute atomic E-state index is 8.74. The molecule has 0 aliphatic carbocycles. The van der Waals surface area contributed by atoms with Gasteiger partial charge in [0.15, 0.2) is 0 Å². The number of ether oxygens (including phenoxy) is 1. The molecular weight excluding hydrogens is 262 g/mol. The highest BCUT2D eigenvalue weighted by atomic mass is 16.5. The van der Waals surface area contributed by atoms with E-state index in [-0.39, 0.29) is 0 Å². The van der Waals surface area contributed by atoms with Crippen molar-refractivity contribution in [2.24, 2.45) is 0 Å². The third-order valence-corrected chi connectivity index (χ3v) is 3.77. The summed E-state index contributed by atoms with van der Waals surface area (Å²) >= 11 is 0. The van der Waals surface area contributed by atoms with Crippen LogP contribution in [-0.4, -0.2) is 25.4 Å². The SMILES string of the molecule is COc1ccc(CNCCCCCCO)c2ccccc12. The van der Waals surface area contributed by atoms with Crippen molar-refractivity contribution in [1.29, 1.82) is 0 Å². The molecule has 0 heterocycles. The number of benzene rings is 2. The monoisotopic (exact) mass is 287 g/mol. The third kappa shape index (κ3) is 4.45. The number of methoxy groups -OCH3 is 1. The second kappa shape index (κ2) is 8.65. The van der Waals surface area contributed by atoms with Crippen molar-refractivity contribution < 1.29 is 9.84 Å². The van der Waals surface area contributed by atoms with Gasteiger partial charge >= 0.3 is 0 Å². The van der Waals surface area contributed by atoms with Gasteiger partial charge in [0.1, 0.15) is 5.75 Å². The zero-order chi connectivity index (χ0) is 14.9. The van der Waals surface area contributed by atoms with Gasteiger partial charge in [0.05, 0.1) is 7.11 Å². The third-order valence-electron chi connectivity index (χ3n) is 3.77. The summed E-state index contributed by atoms with van der Waals surface area (Å²) in [6.45, 7) is 2.21. The van der Waals surface area contributed by atoms with Gasteiger partial charge in [-0.05, 0) is 36.4 Å². The summed E-state index contributed by atoms with van der Waals surface area (Å²) in [4.78, 5) is 0. The quantitative estimate of drug-likeness (QED) is 0.694. The van der Waals surface area contributed by atoms with Gasteiger partial charge in [-0.3, -0.25) is 0 Å². The van der Waals surface area contributed by atoms with E-state index in [4.69, 9.17) is 9.84 Å². The molecule has 0 atom stereocenters. The predicted molar refractivity (Wildman–Crippen MR) is 87.8 cm³/mol. The molecule has 0 fully saturated rings. The topological polar surface area (TPSA) is 41.5 Å². The molecule has 2 rings (SSSR count). The molecule has 114 valence electrons. The first-order chi connectivity index (χ1) is 10.4. The molecule has 0 aromatic heterocycles. The highest BCUT2D eigenvalue weighted by Crippen LogP contribution is 2.28. The molecule has 0 aliphatic heterocycles. The van der Waals surface area contributed by atoms with Gasteiger partial charge in [-0.2, -0.15) is 0 Å². The average molecular weight is 287 g/mol. The van der Waals surface area contributed by atoms with Crippen LogP contribution in [0.1, 0.15) is 31.2 Å². The van der Waals surface area contributed by atoms with Crippen LogP contribution in [0.25, 0.3) is 10.8 Å². The molecule has 21 heavy (non-hydrogen) atoms. The number of aliphatic hydroxyl groups is 1. The Morgan fingerprint density at radius 3 is 2.48 bits per heavy atom. The van der Waals surface area contributed by atoms with Crippen LogP contribution in [0, 0.1) is 0 Å². The lowest BCUT2D eigenvalue weighted by molar-refractivity contribution is 0.282. The fourth-order valence-electron chi connectivity index (χ4n) is 2.60. The van der Waals surface area contributed by atoms with Crippen LogP contribution in [0.4, 0.5) is 0 Å². The maximum Gasteiger partial charge on any atom is 0.126 e. The molecule has 0 unspecified atom stereocenters. The van der Waals surface area contributed by atoms with Crippen molar-refractivity contribution in [3.05, 3.63) is 42.0 Å². The Bertz CT molecular complexity index is 554. The minimum Gasteiger partial charge on any atom is -0.496 e. The average Bonchev–Trinajstić information content (AvgIpc) is 2.54. The van der Waals surface area contributed by atoms with Crippen LogP contribution in [0.2, 0.25) is 0 Å². The van der Waals surface area contributed by atoms with Crippen molar-refractivity contribution in [2.75, 3.05) is 20.3 Å². The summed E-state index contributed by atoms with van der Waals surface area (Å²) in [5, 5.41) is 14.7. The highest BCUT2D eigenvalue weighted by Gasteiger charge is 2.05. The lowest BCUT2D eigenvalue weighted by Crippen LogP contribution is -2.15. The van der Waals surface area contributed by atoms with Crippen LogP contribution < -0.4 is 10.1 Å². The molecule has 0 saturated carbocycles. The normalized spacial score (nSPS) is 11.0. The van der Waals surface area contributed by atoms with E-state index in [2.05, 4.69) is 29.6 Å². The molecule has 3 heteroatoms. The molecule has 3 nitrogen and oxygen atoms in total. The van der Waals surface area contributed by atoms with E-state index in [1.807, 2.05) is 12.1 Å². The molecule has 0 aliphatic rings. The van der Waals surface area contributed by atoms with Crippen LogP contribution in [0.5, 0.6) is 5.75 Å². The number of rotatable bonds is 9. The molecule has 0 spiro atoms. The molecule has 0 amide bonds. The van der Waals surface area contributed by atoms with E-state index in [0.717, 1.165) is 38.1 Å². The predicted octanol–water partition coefficient (Wildman–Crippen LogP) is 3.49. The summed E-state index contributed by atoms with van der Waals surface area (Å²) in [5.74, 6) is 0.929. The molecule has 2 aromatic carbocycles. The van der Waals surface area contributed by atoms with Crippen LogP contribution in [0.3, 0.4) is 0 Å². The van der Waals surface area contributed by atoms with Gasteiger partial charge in [-0.15, -0.1) is 0 Å². The molecular formula is C18H25NO2. The number of nitrogens with one attached hydrogen (secondary N) is 1. The number of hydrogen-bond donors (Lipinski definition) is 2. The van der Waals surface area contributed by atoms with Gasteiger partial charge in [0.25, 0.3) is 0 Å². The molecule has 0 bridgehead atoms. The maximum atomic E-state index is 8.74. The number of unbranched alkanes of at least 4 members (excludes halogenated alkanes) is 3. The second-order valence-electron chi connectivity index (χ2n) is 5.29. The van der Waals surface area contributed by atoms with E-state index < -0.39 is 0 Å². The van der Waals surface area contributed by atoms with E-state index >= 15 is 0 Å². The first-order valence-electron chi connectivity index (χ1n) is 7.73. The van der Waals surface area contributed by atoms with E-state index in [0.29, 0.717) is 6.61 Å². The lowest BCUT2D eigenvalue weighted by Gasteiger charge is -2.11. The Morgan fingerprint density at radius 1 is 0.952 bits per heavy atom. The summed E-state index contributed by atoms with van der Waals surface area (Å²) in [5.41, 5.74) is 1.31. The minimum absolute atomic E-state index is 0.311. The van der Waals surface area contributed by atoms with Gasteiger partial charge < -0.3 is 15.2 Å². The summed E-state index contributed by atoms with van der Waals surface area (Å²) in [6.07, 6.45) is 4.37. The lowest BCUT2D eigenvalue weighted by atomic mass is 10.0. The smallest absolute Gasteiger partial charge is 0.126 e. The van der Waals surface area contributed by atoms with Crippen molar-refractivity contribution >= 4 is 10.8 Å². The standard InChI is InChI=1S/C18H25NO2/c1-21-18-11-10-15(16-8-4-5-9-17(16)18)14-19-12-6-2-3-7-13-20/h4-5,8-11,19-20H,2-3,6-7,12-14H2,1H3. The Hall–Kier alpha value is -1.58. The number of fused-ring (bicyclic) bond motifs is 1. The van der Waals surface area contributed by atoms with Crippen LogP contribution >= 0.6 is 0 Å². The van der Waals surface area contributed by atoms with Crippen molar-refractivity contribution in [1.82, 2.24) is 5.32 Å². The number of aliphatic hydroxyl groups excluding tert-OH is 1. The fourth-order valence-corrected chi connectivity index (χ4v) is 2.60. The van der Waals surface area contributed by atoms with E-state index in [1.165, 1.54) is 22.8 Å². The van der Waals surface area contributed by atoms with Crippen molar-refractivity contribution in [2.45, 2.75) is 32.2 Å². The van der Waals surface area contributed by atoms with Gasteiger partial charge in [0.2, 0.25) is 0 Å². The first-order valence-corrected chi connectivity index (χ1v) is 7.73. The first kappa shape index (κ1) is 15.8. The van der Waals surface area contributed by atoms with Crippen molar-refractivity contribution in [3.8, 4) is 5.75 Å².